The molecule has 0 saturated carbocycles. The lowest BCUT2D eigenvalue weighted by Gasteiger charge is -2.31. The molecule has 146 valence electrons. The van der Waals surface area contributed by atoms with Crippen molar-refractivity contribution in [1.29, 1.82) is 0 Å². The maximum Gasteiger partial charge on any atom is 0.223 e. The third-order valence-electron chi connectivity index (χ3n) is 5.12. The zero-order chi connectivity index (χ0) is 19.5. The van der Waals surface area contributed by atoms with E-state index >= 15 is 0 Å². The van der Waals surface area contributed by atoms with E-state index in [2.05, 4.69) is 15.2 Å². The van der Waals surface area contributed by atoms with Crippen LogP contribution < -0.4 is 10.2 Å². The molecule has 0 unspecified atom stereocenters. The molecule has 7 heteroatoms. The largest absolute Gasteiger partial charge is 0.356 e. The number of rotatable bonds is 5. The molecular formula is C21H21ClFN3OS. The quantitative estimate of drug-likeness (QED) is 0.656. The molecule has 4 nitrogen and oxygen atoms in total. The zero-order valence-electron chi connectivity index (χ0n) is 15.3. The highest BCUT2D eigenvalue weighted by molar-refractivity contribution is 7.22. The second kappa shape index (κ2) is 8.45. The summed E-state index contributed by atoms with van der Waals surface area (Å²) in [5.74, 6) is -0.147. The van der Waals surface area contributed by atoms with Crippen LogP contribution in [0, 0.1) is 11.7 Å². The van der Waals surface area contributed by atoms with Crippen molar-refractivity contribution in [2.45, 2.75) is 19.3 Å². The molecule has 4 rings (SSSR count). The third kappa shape index (κ3) is 4.28. The van der Waals surface area contributed by atoms with E-state index < -0.39 is 0 Å². The first-order valence-electron chi connectivity index (χ1n) is 9.42. The number of thiazole rings is 1. The van der Waals surface area contributed by atoms with Crippen molar-refractivity contribution in [3.05, 3.63) is 58.9 Å². The lowest BCUT2D eigenvalue weighted by atomic mass is 9.96. The second-order valence-electron chi connectivity index (χ2n) is 7.01. The molecular weight excluding hydrogens is 397 g/mol. The molecule has 1 N–H and O–H groups in total. The van der Waals surface area contributed by atoms with Gasteiger partial charge in [-0.15, -0.1) is 0 Å². The Hall–Kier alpha value is -2.18. The summed E-state index contributed by atoms with van der Waals surface area (Å²) in [5.41, 5.74) is 1.59. The van der Waals surface area contributed by atoms with Gasteiger partial charge >= 0.3 is 0 Å². The molecule has 0 atom stereocenters. The van der Waals surface area contributed by atoms with Crippen LogP contribution >= 0.6 is 22.9 Å². The zero-order valence-corrected chi connectivity index (χ0v) is 16.9. The number of carbonyl (C=O) groups excluding carboxylic acids is 1. The van der Waals surface area contributed by atoms with Gasteiger partial charge < -0.3 is 10.2 Å². The summed E-state index contributed by atoms with van der Waals surface area (Å²) in [5, 5.41) is 4.60. The van der Waals surface area contributed by atoms with E-state index in [1.54, 1.807) is 6.07 Å². The minimum Gasteiger partial charge on any atom is -0.356 e. The van der Waals surface area contributed by atoms with E-state index in [1.165, 1.54) is 17.4 Å². The Morgan fingerprint density at radius 3 is 2.68 bits per heavy atom. The number of anilines is 1. The molecule has 0 spiro atoms. The van der Waals surface area contributed by atoms with Gasteiger partial charge in [-0.1, -0.05) is 41.1 Å². The Morgan fingerprint density at radius 2 is 1.96 bits per heavy atom. The fraction of sp³-hybridized carbons (Fsp3) is 0.333. The Labute approximate surface area is 172 Å². The Bertz CT molecular complexity index is 967. The van der Waals surface area contributed by atoms with Gasteiger partial charge in [-0.05, 0) is 49.1 Å². The summed E-state index contributed by atoms with van der Waals surface area (Å²) < 4.78 is 14.7. The standard InChI is InChI=1S/C21H21ClFN3OS/c22-16-6-4-14(5-7-16)8-11-24-20(27)15-9-12-26(13-10-15)21-25-19-17(23)2-1-3-18(19)28-21/h1-7,15H,8-13H2,(H,24,27). The predicted molar refractivity (Wildman–Crippen MR) is 113 cm³/mol. The van der Waals surface area contributed by atoms with Crippen LogP contribution in [0.3, 0.4) is 0 Å². The maximum atomic E-state index is 13.9. The van der Waals surface area contributed by atoms with E-state index in [1.807, 2.05) is 30.3 Å². The van der Waals surface area contributed by atoms with Gasteiger partial charge in [-0.3, -0.25) is 4.79 Å². The van der Waals surface area contributed by atoms with Crippen molar-refractivity contribution in [3.63, 3.8) is 0 Å². The summed E-state index contributed by atoms with van der Waals surface area (Å²) in [4.78, 5) is 19.1. The highest BCUT2D eigenvalue weighted by Gasteiger charge is 2.26. The first kappa shape index (κ1) is 19.2. The Kier molecular flexibility index (Phi) is 5.78. The minimum absolute atomic E-state index is 0.0209. The number of hydrogen-bond acceptors (Lipinski definition) is 4. The van der Waals surface area contributed by atoms with Gasteiger partial charge in [-0.2, -0.15) is 0 Å². The number of halogens is 2. The summed E-state index contributed by atoms with van der Waals surface area (Å²) >= 11 is 7.39. The molecule has 1 aliphatic rings. The molecule has 1 amide bonds. The number of piperidine rings is 1. The average molecular weight is 418 g/mol. The summed E-state index contributed by atoms with van der Waals surface area (Å²) in [6, 6.07) is 12.7. The number of aromatic nitrogens is 1. The molecule has 28 heavy (non-hydrogen) atoms. The predicted octanol–water partition coefficient (Wildman–Crippen LogP) is 4.66. The fourth-order valence-electron chi connectivity index (χ4n) is 3.50. The van der Waals surface area contributed by atoms with Crippen molar-refractivity contribution in [2.24, 2.45) is 5.92 Å². The van der Waals surface area contributed by atoms with Gasteiger partial charge in [0, 0.05) is 30.6 Å². The normalized spacial score (nSPS) is 15.1. The number of para-hydroxylation sites is 1. The van der Waals surface area contributed by atoms with Crippen LogP contribution in [0.4, 0.5) is 9.52 Å². The Balaban J connectivity index is 1.27. The van der Waals surface area contributed by atoms with Gasteiger partial charge in [0.15, 0.2) is 5.13 Å². The average Bonchev–Trinajstić information content (AvgIpc) is 3.15. The topological polar surface area (TPSA) is 45.2 Å². The molecule has 1 fully saturated rings. The van der Waals surface area contributed by atoms with Crippen LogP contribution in [0.15, 0.2) is 42.5 Å². The highest BCUT2D eigenvalue weighted by Crippen LogP contribution is 2.32. The first-order chi connectivity index (χ1) is 13.6. The van der Waals surface area contributed by atoms with Crippen LogP contribution in [0.25, 0.3) is 10.2 Å². The van der Waals surface area contributed by atoms with Crippen molar-refractivity contribution in [1.82, 2.24) is 10.3 Å². The molecule has 1 saturated heterocycles. The van der Waals surface area contributed by atoms with Crippen LogP contribution in [0.5, 0.6) is 0 Å². The van der Waals surface area contributed by atoms with E-state index in [-0.39, 0.29) is 17.6 Å². The van der Waals surface area contributed by atoms with Crippen molar-refractivity contribution >= 4 is 44.2 Å². The van der Waals surface area contributed by atoms with Crippen LogP contribution in [0.2, 0.25) is 5.02 Å². The van der Waals surface area contributed by atoms with Crippen LogP contribution in [-0.2, 0) is 11.2 Å². The lowest BCUT2D eigenvalue weighted by molar-refractivity contribution is -0.125. The molecule has 0 bridgehead atoms. The van der Waals surface area contributed by atoms with Crippen molar-refractivity contribution in [3.8, 4) is 0 Å². The van der Waals surface area contributed by atoms with Gasteiger partial charge in [0.25, 0.3) is 0 Å². The smallest absolute Gasteiger partial charge is 0.223 e. The molecule has 2 heterocycles. The number of hydrogen-bond donors (Lipinski definition) is 1. The summed E-state index contributed by atoms with van der Waals surface area (Å²) in [6.45, 7) is 2.14. The molecule has 1 aromatic heterocycles. The number of amides is 1. The summed E-state index contributed by atoms with van der Waals surface area (Å²) in [7, 11) is 0. The number of fused-ring (bicyclic) bond motifs is 1. The number of benzene rings is 2. The molecule has 0 radical (unpaired) electrons. The van der Waals surface area contributed by atoms with Crippen LogP contribution in [0.1, 0.15) is 18.4 Å². The van der Waals surface area contributed by atoms with E-state index in [0.717, 1.165) is 52.8 Å². The number of nitrogens with one attached hydrogen (secondary N) is 1. The van der Waals surface area contributed by atoms with Gasteiger partial charge in [-0.25, -0.2) is 9.37 Å². The van der Waals surface area contributed by atoms with E-state index in [9.17, 15) is 9.18 Å². The van der Waals surface area contributed by atoms with Gasteiger partial charge in [0.05, 0.1) is 4.70 Å². The third-order valence-corrected chi connectivity index (χ3v) is 6.45. The number of nitrogens with zero attached hydrogens (tertiary/aromatic N) is 2. The van der Waals surface area contributed by atoms with Crippen molar-refractivity contribution < 1.29 is 9.18 Å². The summed E-state index contributed by atoms with van der Waals surface area (Å²) in [6.07, 6.45) is 2.36. The molecule has 2 aromatic carbocycles. The molecule has 1 aliphatic heterocycles. The monoisotopic (exact) mass is 417 g/mol. The second-order valence-corrected chi connectivity index (χ2v) is 8.46. The fourth-order valence-corrected chi connectivity index (χ4v) is 4.65. The lowest BCUT2D eigenvalue weighted by Crippen LogP contribution is -2.41. The van der Waals surface area contributed by atoms with E-state index in [4.69, 9.17) is 11.6 Å². The van der Waals surface area contributed by atoms with Crippen LogP contribution in [-0.4, -0.2) is 30.5 Å². The first-order valence-corrected chi connectivity index (χ1v) is 10.6. The highest BCUT2D eigenvalue weighted by atomic mass is 35.5. The van der Waals surface area contributed by atoms with Gasteiger partial charge in [0.2, 0.25) is 5.91 Å². The minimum atomic E-state index is -0.282. The molecule has 0 aliphatic carbocycles. The van der Waals surface area contributed by atoms with Crippen molar-refractivity contribution in [2.75, 3.05) is 24.5 Å². The SMILES string of the molecule is O=C(NCCc1ccc(Cl)cc1)C1CCN(c2nc3c(F)cccc3s2)CC1. The van der Waals surface area contributed by atoms with Gasteiger partial charge in [0.1, 0.15) is 11.3 Å². The van der Waals surface area contributed by atoms with E-state index in [0.29, 0.717) is 12.1 Å². The maximum absolute atomic E-state index is 13.9. The Morgan fingerprint density at radius 1 is 1.21 bits per heavy atom. The molecule has 3 aromatic rings. The number of carbonyl (C=O) groups is 1.